The minimum Gasteiger partial charge on any atom is -0.487 e. The van der Waals surface area contributed by atoms with E-state index in [4.69, 9.17) is 9.84 Å². The molecule has 0 amide bonds. The molecule has 1 heterocycles. The topological polar surface area (TPSA) is 59.4 Å². The molecular weight excluding hydrogens is 342 g/mol. The molecule has 0 bridgehead atoms. The first-order chi connectivity index (χ1) is 9.54. The van der Waals surface area contributed by atoms with E-state index in [9.17, 15) is 4.79 Å². The van der Waals surface area contributed by atoms with Crippen molar-refractivity contribution in [1.29, 1.82) is 0 Å². The minimum absolute atomic E-state index is 0.418. The quantitative estimate of drug-likeness (QED) is 0.828. The number of hydrogen-bond acceptors (Lipinski definition) is 4. The molecule has 0 aliphatic carbocycles. The standard InChI is InChI=1S/C14H12BrNO3S/c1-9-16-7-12(20-9)8-19-13-4-3-11(15)6-10(13)2-5-14(17)18/h2-7H,8H2,1H3,(H,17,18). The van der Waals surface area contributed by atoms with Crippen molar-refractivity contribution in [1.82, 2.24) is 4.98 Å². The molecule has 1 aromatic heterocycles. The van der Waals surface area contributed by atoms with Crippen molar-refractivity contribution in [2.24, 2.45) is 0 Å². The summed E-state index contributed by atoms with van der Waals surface area (Å²) < 4.78 is 6.59. The second kappa shape index (κ2) is 6.67. The van der Waals surface area contributed by atoms with E-state index < -0.39 is 5.97 Å². The first kappa shape index (κ1) is 14.7. The largest absolute Gasteiger partial charge is 0.487 e. The summed E-state index contributed by atoms with van der Waals surface area (Å²) in [7, 11) is 0. The van der Waals surface area contributed by atoms with Crippen LogP contribution in [0.3, 0.4) is 0 Å². The average molecular weight is 354 g/mol. The van der Waals surface area contributed by atoms with Crippen molar-refractivity contribution in [3.63, 3.8) is 0 Å². The molecule has 2 aromatic rings. The highest BCUT2D eigenvalue weighted by Crippen LogP contribution is 2.26. The van der Waals surface area contributed by atoms with Gasteiger partial charge < -0.3 is 9.84 Å². The van der Waals surface area contributed by atoms with Gasteiger partial charge in [0.25, 0.3) is 0 Å². The van der Waals surface area contributed by atoms with Gasteiger partial charge in [0.2, 0.25) is 0 Å². The van der Waals surface area contributed by atoms with Gasteiger partial charge in [-0.2, -0.15) is 0 Å². The number of aliphatic carboxylic acids is 1. The normalized spacial score (nSPS) is 10.9. The summed E-state index contributed by atoms with van der Waals surface area (Å²) >= 11 is 4.93. The number of rotatable bonds is 5. The van der Waals surface area contributed by atoms with Gasteiger partial charge in [0.05, 0.1) is 9.88 Å². The molecule has 0 saturated heterocycles. The zero-order valence-electron chi connectivity index (χ0n) is 10.7. The molecular formula is C14H12BrNO3S. The fraction of sp³-hybridized carbons (Fsp3) is 0.143. The maximum absolute atomic E-state index is 10.6. The SMILES string of the molecule is Cc1ncc(COc2ccc(Br)cc2C=CC(=O)O)s1. The average Bonchev–Trinajstić information content (AvgIpc) is 2.81. The molecule has 0 fully saturated rings. The molecule has 1 aromatic carbocycles. The lowest BCUT2D eigenvalue weighted by molar-refractivity contribution is -0.131. The Labute approximate surface area is 128 Å². The molecule has 4 nitrogen and oxygen atoms in total. The predicted octanol–water partition coefficient (Wildman–Crippen LogP) is 3.89. The molecule has 6 heteroatoms. The van der Waals surface area contributed by atoms with Gasteiger partial charge in [-0.05, 0) is 31.2 Å². The molecule has 0 atom stereocenters. The van der Waals surface area contributed by atoms with E-state index in [1.165, 1.54) is 6.08 Å². The van der Waals surface area contributed by atoms with Gasteiger partial charge in [0.1, 0.15) is 12.4 Å². The van der Waals surface area contributed by atoms with Crippen molar-refractivity contribution in [3.05, 3.63) is 50.4 Å². The van der Waals surface area contributed by atoms with Crippen molar-refractivity contribution >= 4 is 39.3 Å². The molecule has 0 spiro atoms. The monoisotopic (exact) mass is 353 g/mol. The number of ether oxygens (including phenoxy) is 1. The van der Waals surface area contributed by atoms with Crippen LogP contribution in [0.4, 0.5) is 0 Å². The van der Waals surface area contributed by atoms with Gasteiger partial charge in [-0.1, -0.05) is 15.9 Å². The van der Waals surface area contributed by atoms with Crippen LogP contribution in [0.2, 0.25) is 0 Å². The third-order valence-corrected chi connectivity index (χ3v) is 3.80. The fourth-order valence-corrected chi connectivity index (χ4v) is 2.65. The van der Waals surface area contributed by atoms with E-state index in [0.29, 0.717) is 17.9 Å². The Morgan fingerprint density at radius 1 is 1.55 bits per heavy atom. The second-order valence-corrected chi connectivity index (χ2v) is 6.22. The number of thiazole rings is 1. The van der Waals surface area contributed by atoms with E-state index in [2.05, 4.69) is 20.9 Å². The highest BCUT2D eigenvalue weighted by molar-refractivity contribution is 9.10. The molecule has 0 aliphatic heterocycles. The smallest absolute Gasteiger partial charge is 0.328 e. The van der Waals surface area contributed by atoms with Gasteiger partial charge >= 0.3 is 5.97 Å². The van der Waals surface area contributed by atoms with Crippen LogP contribution in [0.15, 0.2) is 34.9 Å². The van der Waals surface area contributed by atoms with Crippen LogP contribution in [0.25, 0.3) is 6.08 Å². The number of aryl methyl sites for hydroxylation is 1. The molecule has 0 saturated carbocycles. The van der Waals surface area contributed by atoms with Crippen molar-refractivity contribution in [3.8, 4) is 5.75 Å². The van der Waals surface area contributed by atoms with E-state index in [1.54, 1.807) is 23.6 Å². The molecule has 2 rings (SSSR count). The Hall–Kier alpha value is -1.66. The molecule has 0 aliphatic rings. The summed E-state index contributed by atoms with van der Waals surface area (Å²) in [6, 6.07) is 5.47. The highest BCUT2D eigenvalue weighted by atomic mass is 79.9. The van der Waals surface area contributed by atoms with Crippen LogP contribution >= 0.6 is 27.3 Å². The van der Waals surface area contributed by atoms with Crippen LogP contribution in [0.5, 0.6) is 5.75 Å². The van der Waals surface area contributed by atoms with E-state index in [-0.39, 0.29) is 0 Å². The first-order valence-corrected chi connectivity index (χ1v) is 7.40. The lowest BCUT2D eigenvalue weighted by Gasteiger charge is -2.08. The van der Waals surface area contributed by atoms with Crippen LogP contribution in [-0.2, 0) is 11.4 Å². The third kappa shape index (κ3) is 4.18. The summed E-state index contributed by atoms with van der Waals surface area (Å²) in [5.41, 5.74) is 0.711. The Balaban J connectivity index is 2.15. The van der Waals surface area contributed by atoms with Gasteiger partial charge in [-0.25, -0.2) is 9.78 Å². The molecule has 0 radical (unpaired) electrons. The Morgan fingerprint density at radius 3 is 3.00 bits per heavy atom. The van der Waals surface area contributed by atoms with Gasteiger partial charge in [-0.3, -0.25) is 0 Å². The fourth-order valence-electron chi connectivity index (χ4n) is 1.56. The summed E-state index contributed by atoms with van der Waals surface area (Å²) in [5.74, 6) is -0.356. The van der Waals surface area contributed by atoms with Crippen molar-refractivity contribution < 1.29 is 14.6 Å². The predicted molar refractivity (Wildman–Crippen MR) is 82.0 cm³/mol. The summed E-state index contributed by atoms with van der Waals surface area (Å²) in [4.78, 5) is 15.8. The minimum atomic E-state index is -0.992. The molecule has 1 N–H and O–H groups in total. The van der Waals surface area contributed by atoms with Crippen LogP contribution in [-0.4, -0.2) is 16.1 Å². The molecule has 20 heavy (non-hydrogen) atoms. The van der Waals surface area contributed by atoms with Crippen LogP contribution < -0.4 is 4.74 Å². The maximum atomic E-state index is 10.6. The zero-order chi connectivity index (χ0) is 14.5. The summed E-state index contributed by atoms with van der Waals surface area (Å²) in [6.45, 7) is 2.36. The maximum Gasteiger partial charge on any atom is 0.328 e. The molecule has 0 unspecified atom stereocenters. The van der Waals surface area contributed by atoms with E-state index >= 15 is 0 Å². The lowest BCUT2D eigenvalue weighted by Crippen LogP contribution is -1.95. The van der Waals surface area contributed by atoms with E-state index in [1.807, 2.05) is 19.1 Å². The number of carboxylic acid groups (broad SMARTS) is 1. The molecule has 104 valence electrons. The number of hydrogen-bond donors (Lipinski definition) is 1. The van der Waals surface area contributed by atoms with Gasteiger partial charge in [-0.15, -0.1) is 11.3 Å². The Bertz CT molecular complexity index is 652. The van der Waals surface area contributed by atoms with Crippen molar-refractivity contribution in [2.75, 3.05) is 0 Å². The van der Waals surface area contributed by atoms with Crippen LogP contribution in [0, 0.1) is 6.92 Å². The lowest BCUT2D eigenvalue weighted by atomic mass is 10.2. The zero-order valence-corrected chi connectivity index (χ0v) is 13.1. The Kier molecular flexibility index (Phi) is 4.92. The number of benzene rings is 1. The van der Waals surface area contributed by atoms with E-state index in [0.717, 1.165) is 20.4 Å². The summed E-state index contributed by atoms with van der Waals surface area (Å²) in [6.07, 6.45) is 4.39. The summed E-state index contributed by atoms with van der Waals surface area (Å²) in [5, 5.41) is 9.69. The number of carboxylic acids is 1. The Morgan fingerprint density at radius 2 is 2.35 bits per heavy atom. The van der Waals surface area contributed by atoms with Gasteiger partial charge in [0.15, 0.2) is 0 Å². The number of nitrogens with zero attached hydrogens (tertiary/aromatic N) is 1. The number of halogens is 1. The number of carbonyl (C=O) groups is 1. The third-order valence-electron chi connectivity index (χ3n) is 2.42. The van der Waals surface area contributed by atoms with Crippen molar-refractivity contribution in [2.45, 2.75) is 13.5 Å². The van der Waals surface area contributed by atoms with Crippen LogP contribution in [0.1, 0.15) is 15.4 Å². The second-order valence-electron chi connectivity index (χ2n) is 3.99. The number of aromatic nitrogens is 1. The highest BCUT2D eigenvalue weighted by Gasteiger charge is 2.05. The van der Waals surface area contributed by atoms with Gasteiger partial charge in [0, 0.05) is 22.3 Å². The first-order valence-electron chi connectivity index (χ1n) is 5.79.